The zero-order valence-electron chi connectivity index (χ0n) is 21.3. The van der Waals surface area contributed by atoms with Gasteiger partial charge in [-0.15, -0.1) is 0 Å². The van der Waals surface area contributed by atoms with Gasteiger partial charge in [-0.3, -0.25) is 4.79 Å². The van der Waals surface area contributed by atoms with Crippen molar-refractivity contribution < 1.29 is 78.4 Å². The van der Waals surface area contributed by atoms with Gasteiger partial charge in [-0.05, 0) is 0 Å². The third-order valence-corrected chi connectivity index (χ3v) is 7.13. The van der Waals surface area contributed by atoms with Crippen molar-refractivity contribution in [2.24, 2.45) is 0 Å². The van der Waals surface area contributed by atoms with Crippen molar-refractivity contribution in [2.45, 2.75) is 99.0 Å². The van der Waals surface area contributed by atoms with Gasteiger partial charge < -0.3 is 79.0 Å². The van der Waals surface area contributed by atoms with E-state index in [1.807, 2.05) is 0 Å². The molecule has 0 saturated carbocycles. The number of methoxy groups -OCH3 is 1. The fourth-order valence-electron chi connectivity index (χ4n) is 5.05. The van der Waals surface area contributed by atoms with Crippen molar-refractivity contribution in [3.63, 3.8) is 0 Å². The highest BCUT2D eigenvalue weighted by Gasteiger charge is 2.55. The van der Waals surface area contributed by atoms with Crippen molar-refractivity contribution in [2.75, 3.05) is 33.7 Å². The lowest BCUT2D eigenvalue weighted by molar-refractivity contribution is -0.382. The van der Waals surface area contributed by atoms with Crippen LogP contribution in [0.15, 0.2) is 0 Å². The predicted octanol–water partition coefficient (Wildman–Crippen LogP) is -5.76. The van der Waals surface area contributed by atoms with Crippen LogP contribution in [-0.4, -0.2) is 167 Å². The summed E-state index contributed by atoms with van der Waals surface area (Å²) in [6.45, 7) is -0.963. The molecule has 1 amide bonds. The van der Waals surface area contributed by atoms with Gasteiger partial charge in [0.1, 0.15) is 80.0 Å². The van der Waals surface area contributed by atoms with Gasteiger partial charge in [0.05, 0.1) is 19.8 Å². The molecule has 39 heavy (non-hydrogen) atoms. The van der Waals surface area contributed by atoms with Crippen molar-refractivity contribution in [1.29, 1.82) is 0 Å². The lowest BCUT2D eigenvalue weighted by Gasteiger charge is -2.49. The molecule has 4 rings (SSSR count). The van der Waals surface area contributed by atoms with Crippen LogP contribution in [0.25, 0.3) is 0 Å². The number of rotatable bonds is 4. The second-order valence-corrected chi connectivity index (χ2v) is 9.73. The van der Waals surface area contributed by atoms with Gasteiger partial charge in [-0.1, -0.05) is 0 Å². The van der Waals surface area contributed by atoms with E-state index in [1.165, 1.54) is 14.0 Å². The second-order valence-electron chi connectivity index (χ2n) is 9.73. The van der Waals surface area contributed by atoms with Crippen molar-refractivity contribution >= 4 is 5.91 Å². The van der Waals surface area contributed by atoms with Crippen LogP contribution in [0.1, 0.15) is 6.92 Å². The summed E-state index contributed by atoms with van der Waals surface area (Å²) in [5.41, 5.74) is 0. The quantitative estimate of drug-likeness (QED) is 0.157. The smallest absolute Gasteiger partial charge is 0.217 e. The van der Waals surface area contributed by atoms with E-state index >= 15 is 0 Å². The van der Waals surface area contributed by atoms with Crippen LogP contribution >= 0.6 is 0 Å². The first-order chi connectivity index (χ1) is 18.6. The van der Waals surface area contributed by atoms with Gasteiger partial charge >= 0.3 is 0 Å². The topological polar surface area (TPSA) is 245 Å². The van der Waals surface area contributed by atoms with Gasteiger partial charge in [-0.2, -0.15) is 0 Å². The molecule has 4 heterocycles. The number of ether oxygens (including phenoxy) is 8. The summed E-state index contributed by atoms with van der Waals surface area (Å²) in [5.74, 6) is -0.591. The number of amides is 1. The van der Waals surface area contributed by atoms with E-state index in [0.717, 1.165) is 0 Å². The lowest BCUT2D eigenvalue weighted by atomic mass is 9.95. The summed E-state index contributed by atoms with van der Waals surface area (Å²) in [6, 6.07) is -1.34. The first-order valence-corrected chi connectivity index (χ1v) is 12.5. The zero-order valence-corrected chi connectivity index (χ0v) is 21.3. The third kappa shape index (κ3) is 6.37. The summed E-state index contributed by atoms with van der Waals surface area (Å²) < 4.78 is 45.5. The van der Waals surface area contributed by atoms with Gasteiger partial charge in [0.25, 0.3) is 0 Å². The van der Waals surface area contributed by atoms with Crippen LogP contribution in [-0.2, 0) is 42.7 Å². The average molecular weight is 572 g/mol. The first kappa shape index (κ1) is 30.8. The molecule has 0 aromatic carbocycles. The molecule has 0 spiro atoms. The number of aliphatic hydroxyl groups is 7. The van der Waals surface area contributed by atoms with E-state index in [2.05, 4.69) is 5.32 Å². The van der Waals surface area contributed by atoms with E-state index in [0.29, 0.717) is 0 Å². The molecule has 17 nitrogen and oxygen atoms in total. The molecule has 4 aliphatic heterocycles. The Labute approximate surface area is 223 Å². The van der Waals surface area contributed by atoms with Crippen molar-refractivity contribution in [3.8, 4) is 0 Å². The minimum absolute atomic E-state index is 0.328. The van der Waals surface area contributed by atoms with Crippen LogP contribution in [0.3, 0.4) is 0 Å². The predicted molar refractivity (Wildman–Crippen MR) is 120 cm³/mol. The van der Waals surface area contributed by atoms with Gasteiger partial charge in [0.15, 0.2) is 18.9 Å². The van der Waals surface area contributed by atoms with Crippen molar-refractivity contribution in [1.82, 2.24) is 5.32 Å². The molecule has 8 N–H and O–H groups in total. The Kier molecular flexibility index (Phi) is 10.5. The maximum Gasteiger partial charge on any atom is 0.217 e. The summed E-state index contributed by atoms with van der Waals surface area (Å²) in [7, 11) is 1.29. The minimum atomic E-state index is -1.77. The molecule has 226 valence electrons. The molecule has 4 saturated heterocycles. The van der Waals surface area contributed by atoms with Crippen LogP contribution in [0, 0.1) is 0 Å². The highest BCUT2D eigenvalue weighted by atomic mass is 16.8. The summed E-state index contributed by atoms with van der Waals surface area (Å²) in [4.78, 5) is 11.8. The molecule has 15 atom stereocenters. The minimum Gasteiger partial charge on any atom is -0.394 e. The van der Waals surface area contributed by atoms with E-state index < -0.39 is 118 Å². The van der Waals surface area contributed by atoms with E-state index in [1.54, 1.807) is 0 Å². The van der Waals surface area contributed by atoms with Gasteiger partial charge in [-0.25, -0.2) is 0 Å². The Bertz CT molecular complexity index is 808. The molecule has 0 aliphatic carbocycles. The Hall–Kier alpha value is -1.13. The second kappa shape index (κ2) is 13.2. The van der Waals surface area contributed by atoms with Gasteiger partial charge in [0, 0.05) is 14.0 Å². The first-order valence-electron chi connectivity index (χ1n) is 12.5. The van der Waals surface area contributed by atoms with Gasteiger partial charge in [0.2, 0.25) is 5.91 Å². The third-order valence-electron chi connectivity index (χ3n) is 7.13. The number of hydrogen-bond acceptors (Lipinski definition) is 16. The molecule has 0 aromatic rings. The summed E-state index contributed by atoms with van der Waals surface area (Å²) >= 11 is 0. The molecule has 17 heteroatoms. The SMILES string of the molecule is CO[C@H]1O[C@H](CO)[C@@H](O)[C@@H]2O[C@H]3O[C@H](CO)[C@H](O)[C@H](O)[C@@H]3O[C@@H]3O[C@H](COCO[C@H]12)[C@@H](O)[C@H](O)[C@H]3NC(C)=O. The molecule has 0 aromatic heterocycles. The summed E-state index contributed by atoms with van der Waals surface area (Å²) in [5, 5.41) is 75.7. The van der Waals surface area contributed by atoms with E-state index in [4.69, 9.17) is 37.9 Å². The fourth-order valence-corrected chi connectivity index (χ4v) is 5.05. The molecule has 4 aliphatic rings. The van der Waals surface area contributed by atoms with E-state index in [9.17, 15) is 40.5 Å². The number of hydrogen-bond donors (Lipinski definition) is 8. The Morgan fingerprint density at radius 2 is 1.46 bits per heavy atom. The highest BCUT2D eigenvalue weighted by molar-refractivity contribution is 5.73. The Morgan fingerprint density at radius 1 is 0.795 bits per heavy atom. The lowest BCUT2D eigenvalue weighted by Crippen LogP contribution is -2.68. The monoisotopic (exact) mass is 571 g/mol. The molecular formula is C22H37NO16. The number of fused-ring (bicyclic) bond motifs is 4. The number of aliphatic hydroxyl groups excluding tert-OH is 7. The largest absolute Gasteiger partial charge is 0.394 e. The average Bonchev–Trinajstić information content (AvgIpc) is 2.92. The van der Waals surface area contributed by atoms with Crippen LogP contribution < -0.4 is 5.32 Å². The zero-order chi connectivity index (χ0) is 28.4. The molecular weight excluding hydrogens is 534 g/mol. The van der Waals surface area contributed by atoms with Crippen LogP contribution in [0.2, 0.25) is 0 Å². The normalized spacial score (nSPS) is 49.4. The number of nitrogens with one attached hydrogen (secondary N) is 1. The van der Waals surface area contributed by atoms with E-state index in [-0.39, 0.29) is 6.61 Å². The molecule has 2 bridgehead atoms. The Balaban J connectivity index is 1.72. The van der Waals surface area contributed by atoms with Crippen LogP contribution in [0.5, 0.6) is 0 Å². The maximum atomic E-state index is 11.8. The summed E-state index contributed by atoms with van der Waals surface area (Å²) in [6.07, 6.45) is -20.3. The standard InChI is InChI=1S/C22H37NO16/c1-7(26)23-11-15(30)13(28)10-5-33-6-34-19-17(14(29)9(4-25)35-21(19)32-2)38-22-18(39-20(11)37-10)16(31)12(27)8(3-24)36-22/h8-22,24-25,27-31H,3-6H2,1-2H3,(H,23,26)/t8-,9-,10-,11-,12+,13-,14-,15-,16+,17+,18+,19+,20+,21+,22-/m1/s1. The number of carbonyl (C=O) groups excluding carboxylic acids is 1. The maximum absolute atomic E-state index is 11.8. The van der Waals surface area contributed by atoms with Crippen LogP contribution in [0.4, 0.5) is 0 Å². The molecule has 0 unspecified atom stereocenters. The highest BCUT2D eigenvalue weighted by Crippen LogP contribution is 2.34. The molecule has 4 fully saturated rings. The fraction of sp³-hybridized carbons (Fsp3) is 0.955. The molecule has 0 radical (unpaired) electrons. The Morgan fingerprint density at radius 3 is 2.10 bits per heavy atom. The number of carbonyl (C=O) groups is 1. The van der Waals surface area contributed by atoms with Crippen molar-refractivity contribution in [3.05, 3.63) is 0 Å².